The van der Waals surface area contributed by atoms with E-state index in [-0.39, 0.29) is 23.6 Å². The highest BCUT2D eigenvalue weighted by molar-refractivity contribution is 5.98. The van der Waals surface area contributed by atoms with E-state index in [2.05, 4.69) is 10.9 Å². The monoisotopic (exact) mass is 378 g/mol. The van der Waals surface area contributed by atoms with E-state index in [1.165, 1.54) is 30.3 Å². The van der Waals surface area contributed by atoms with Crippen molar-refractivity contribution in [3.8, 4) is 5.75 Å². The molecule has 0 fully saturated rings. The van der Waals surface area contributed by atoms with Crippen LogP contribution in [0.5, 0.6) is 5.75 Å². The summed E-state index contributed by atoms with van der Waals surface area (Å²) in [7, 11) is 0. The molecule has 0 spiro atoms. The van der Waals surface area contributed by atoms with E-state index in [0.29, 0.717) is 12.0 Å². The number of amides is 2. The molecule has 5 nitrogen and oxygen atoms in total. The summed E-state index contributed by atoms with van der Waals surface area (Å²) in [6.45, 7) is 0. The van der Waals surface area contributed by atoms with E-state index >= 15 is 0 Å². The Labute approximate surface area is 161 Å². The maximum absolute atomic E-state index is 12.9. The van der Waals surface area contributed by atoms with Crippen molar-refractivity contribution in [1.82, 2.24) is 10.9 Å². The number of halogens is 1. The molecular formula is C22H19FN2O3. The fourth-order valence-electron chi connectivity index (χ4n) is 2.73. The minimum atomic E-state index is -0.625. The Morgan fingerprint density at radius 2 is 1.50 bits per heavy atom. The highest BCUT2D eigenvalue weighted by Gasteiger charge is 2.13. The van der Waals surface area contributed by atoms with Crippen LogP contribution in [0.25, 0.3) is 0 Å². The number of aromatic hydroxyl groups is 1. The molecule has 0 aromatic heterocycles. The molecule has 6 heteroatoms. The zero-order valence-electron chi connectivity index (χ0n) is 15.0. The van der Waals surface area contributed by atoms with Gasteiger partial charge in [0, 0.05) is 0 Å². The lowest BCUT2D eigenvalue weighted by Crippen LogP contribution is -2.42. The third kappa shape index (κ3) is 5.17. The molecule has 2 amide bonds. The van der Waals surface area contributed by atoms with Crippen molar-refractivity contribution in [1.29, 1.82) is 0 Å². The first-order chi connectivity index (χ1) is 13.5. The smallest absolute Gasteiger partial charge is 0.273 e. The van der Waals surface area contributed by atoms with E-state index in [1.54, 1.807) is 12.1 Å². The van der Waals surface area contributed by atoms with Crippen molar-refractivity contribution in [2.24, 2.45) is 0 Å². The predicted molar refractivity (Wildman–Crippen MR) is 103 cm³/mol. The summed E-state index contributed by atoms with van der Waals surface area (Å²) in [5, 5.41) is 9.99. The molecule has 0 heterocycles. The van der Waals surface area contributed by atoms with Crippen LogP contribution in [0, 0.1) is 5.82 Å². The minimum Gasteiger partial charge on any atom is -0.507 e. The second kappa shape index (κ2) is 8.81. The van der Waals surface area contributed by atoms with Crippen molar-refractivity contribution in [3.05, 3.63) is 101 Å². The van der Waals surface area contributed by atoms with Crippen LogP contribution in [0.4, 0.5) is 4.39 Å². The summed E-state index contributed by atoms with van der Waals surface area (Å²) in [5.41, 5.74) is 7.19. The van der Waals surface area contributed by atoms with Gasteiger partial charge in [-0.25, -0.2) is 4.39 Å². The third-order valence-electron chi connectivity index (χ3n) is 4.15. The molecule has 0 aliphatic rings. The van der Waals surface area contributed by atoms with Crippen molar-refractivity contribution >= 4 is 11.8 Å². The topological polar surface area (TPSA) is 78.4 Å². The number of phenols is 1. The number of rotatable bonds is 5. The van der Waals surface area contributed by atoms with Gasteiger partial charge in [-0.15, -0.1) is 0 Å². The van der Waals surface area contributed by atoms with E-state index in [0.717, 1.165) is 11.1 Å². The van der Waals surface area contributed by atoms with Gasteiger partial charge in [0.05, 0.1) is 12.0 Å². The van der Waals surface area contributed by atoms with Crippen molar-refractivity contribution in [2.75, 3.05) is 0 Å². The Bertz CT molecular complexity index is 973. The SMILES string of the molecule is O=C(Cc1ccc(F)cc1)NNC(=O)c1cc(Cc2ccccc2)ccc1O. The van der Waals surface area contributed by atoms with Crippen LogP contribution in [0.3, 0.4) is 0 Å². The van der Waals surface area contributed by atoms with Gasteiger partial charge in [-0.2, -0.15) is 0 Å². The van der Waals surface area contributed by atoms with Gasteiger partial charge in [0.15, 0.2) is 0 Å². The van der Waals surface area contributed by atoms with E-state index in [9.17, 15) is 19.1 Å². The van der Waals surface area contributed by atoms with Gasteiger partial charge in [-0.1, -0.05) is 48.5 Å². The van der Waals surface area contributed by atoms with Crippen LogP contribution in [0.15, 0.2) is 72.8 Å². The lowest BCUT2D eigenvalue weighted by molar-refractivity contribution is -0.121. The standard InChI is InChI=1S/C22H19FN2O3/c23-18-9-6-16(7-10-18)14-21(27)24-25-22(28)19-13-17(8-11-20(19)26)12-15-4-2-1-3-5-15/h1-11,13,26H,12,14H2,(H,24,27)(H,25,28). The summed E-state index contributed by atoms with van der Waals surface area (Å²) in [4.78, 5) is 24.3. The second-order valence-corrected chi connectivity index (χ2v) is 6.32. The van der Waals surface area contributed by atoms with Gasteiger partial charge in [0.1, 0.15) is 11.6 Å². The molecule has 3 aromatic carbocycles. The molecular weight excluding hydrogens is 359 g/mol. The van der Waals surface area contributed by atoms with Crippen molar-refractivity contribution < 1.29 is 19.1 Å². The lowest BCUT2D eigenvalue weighted by Gasteiger charge is -2.10. The van der Waals surface area contributed by atoms with Crippen LogP contribution in [-0.2, 0) is 17.6 Å². The number of carbonyl (C=O) groups is 2. The van der Waals surface area contributed by atoms with Crippen molar-refractivity contribution in [3.63, 3.8) is 0 Å². The number of nitrogens with one attached hydrogen (secondary N) is 2. The summed E-state index contributed by atoms with van der Waals surface area (Å²) >= 11 is 0. The molecule has 3 N–H and O–H groups in total. The number of benzene rings is 3. The summed E-state index contributed by atoms with van der Waals surface area (Å²) in [6.07, 6.45) is 0.596. The Balaban J connectivity index is 1.61. The Morgan fingerprint density at radius 3 is 2.21 bits per heavy atom. The molecule has 3 aromatic rings. The predicted octanol–water partition coefficient (Wildman–Crippen LogP) is 3.13. The third-order valence-corrected chi connectivity index (χ3v) is 4.15. The second-order valence-electron chi connectivity index (χ2n) is 6.32. The zero-order chi connectivity index (χ0) is 19.9. The summed E-state index contributed by atoms with van der Waals surface area (Å²) in [6, 6.07) is 20.0. The molecule has 142 valence electrons. The molecule has 0 aliphatic heterocycles. The van der Waals surface area contributed by atoms with Gasteiger partial charge in [0.25, 0.3) is 5.91 Å². The molecule has 0 aliphatic carbocycles. The number of hydrazine groups is 1. The zero-order valence-corrected chi connectivity index (χ0v) is 15.0. The average Bonchev–Trinajstić information content (AvgIpc) is 2.70. The quantitative estimate of drug-likeness (QED) is 0.597. The molecule has 0 unspecified atom stereocenters. The molecule has 3 rings (SSSR count). The van der Waals surface area contributed by atoms with Crippen molar-refractivity contribution in [2.45, 2.75) is 12.8 Å². The number of phenolic OH excluding ortho intramolecular Hbond substituents is 1. The van der Waals surface area contributed by atoms with Crippen LogP contribution in [-0.4, -0.2) is 16.9 Å². The molecule has 0 atom stereocenters. The molecule has 0 radical (unpaired) electrons. The first kappa shape index (κ1) is 19.1. The maximum atomic E-state index is 12.9. The van der Waals surface area contributed by atoms with Crippen LogP contribution in [0.1, 0.15) is 27.0 Å². The molecule has 0 saturated heterocycles. The molecule has 0 bridgehead atoms. The Hall–Kier alpha value is -3.67. The molecule has 0 saturated carbocycles. The first-order valence-electron chi connectivity index (χ1n) is 8.71. The largest absolute Gasteiger partial charge is 0.507 e. The summed E-state index contributed by atoms with van der Waals surface area (Å²) < 4.78 is 12.9. The van der Waals surface area contributed by atoms with E-state index < -0.39 is 11.8 Å². The Morgan fingerprint density at radius 1 is 0.821 bits per heavy atom. The Kier molecular flexibility index (Phi) is 6.01. The fraction of sp³-hybridized carbons (Fsp3) is 0.0909. The normalized spacial score (nSPS) is 10.3. The summed E-state index contributed by atoms with van der Waals surface area (Å²) in [5.74, 6) is -1.65. The number of hydrogen-bond acceptors (Lipinski definition) is 3. The number of carbonyl (C=O) groups excluding carboxylic acids is 2. The highest BCUT2D eigenvalue weighted by atomic mass is 19.1. The molecule has 28 heavy (non-hydrogen) atoms. The van der Waals surface area contributed by atoms with Gasteiger partial charge >= 0.3 is 0 Å². The van der Waals surface area contributed by atoms with E-state index in [4.69, 9.17) is 0 Å². The first-order valence-corrected chi connectivity index (χ1v) is 8.71. The van der Waals surface area contributed by atoms with Gasteiger partial charge in [-0.05, 0) is 47.4 Å². The van der Waals surface area contributed by atoms with Gasteiger partial charge < -0.3 is 5.11 Å². The van der Waals surface area contributed by atoms with Crippen LogP contribution in [0.2, 0.25) is 0 Å². The minimum absolute atomic E-state index is 0.0133. The van der Waals surface area contributed by atoms with Gasteiger partial charge in [-0.3, -0.25) is 20.4 Å². The van der Waals surface area contributed by atoms with Gasteiger partial charge in [0.2, 0.25) is 5.91 Å². The maximum Gasteiger partial charge on any atom is 0.273 e. The van der Waals surface area contributed by atoms with Crippen LogP contribution < -0.4 is 10.9 Å². The van der Waals surface area contributed by atoms with E-state index in [1.807, 2.05) is 30.3 Å². The highest BCUT2D eigenvalue weighted by Crippen LogP contribution is 2.20. The fourth-order valence-corrected chi connectivity index (χ4v) is 2.73. The lowest BCUT2D eigenvalue weighted by atomic mass is 10.0. The van der Waals surface area contributed by atoms with Crippen LogP contribution >= 0.6 is 0 Å². The average molecular weight is 378 g/mol. The number of hydrogen-bond donors (Lipinski definition) is 3.